The van der Waals surface area contributed by atoms with Crippen molar-refractivity contribution in [1.29, 1.82) is 0 Å². The van der Waals surface area contributed by atoms with Crippen molar-refractivity contribution in [2.45, 2.75) is 6.18 Å². The van der Waals surface area contributed by atoms with E-state index in [1.807, 2.05) is 30.3 Å². The van der Waals surface area contributed by atoms with Gasteiger partial charge in [-0.1, -0.05) is 30.3 Å². The summed E-state index contributed by atoms with van der Waals surface area (Å²) in [6.45, 7) is 0. The fourth-order valence-corrected chi connectivity index (χ4v) is 2.25. The maximum absolute atomic E-state index is 12.5. The Morgan fingerprint density at radius 1 is 0.880 bits per heavy atom. The summed E-state index contributed by atoms with van der Waals surface area (Å²) in [6, 6.07) is 17.1. The second-order valence-electron chi connectivity index (χ2n) is 5.33. The molecule has 0 bridgehead atoms. The molecule has 0 radical (unpaired) electrons. The first-order chi connectivity index (χ1) is 11.9. The third kappa shape index (κ3) is 4.03. The summed E-state index contributed by atoms with van der Waals surface area (Å²) >= 11 is 0. The van der Waals surface area contributed by atoms with Crippen molar-refractivity contribution in [2.75, 3.05) is 5.32 Å². The van der Waals surface area contributed by atoms with Crippen LogP contribution >= 0.6 is 0 Å². The van der Waals surface area contributed by atoms with Crippen LogP contribution in [0.25, 0.3) is 11.3 Å². The van der Waals surface area contributed by atoms with Gasteiger partial charge in [-0.25, -0.2) is 0 Å². The van der Waals surface area contributed by atoms with Crippen LogP contribution < -0.4 is 5.32 Å². The first-order valence-electron chi connectivity index (χ1n) is 7.43. The average Bonchev–Trinajstić information content (AvgIpc) is 2.62. The van der Waals surface area contributed by atoms with Crippen LogP contribution in [0, 0.1) is 0 Å². The van der Waals surface area contributed by atoms with Gasteiger partial charge in [0.1, 0.15) is 0 Å². The summed E-state index contributed by atoms with van der Waals surface area (Å²) in [5.74, 6) is -0.438. The van der Waals surface area contributed by atoms with E-state index in [1.54, 1.807) is 12.1 Å². The molecule has 0 fully saturated rings. The fraction of sp³-hybridized carbons (Fsp3) is 0.0526. The third-order valence-electron chi connectivity index (χ3n) is 3.57. The number of nitrogens with one attached hydrogen (secondary N) is 1. The monoisotopic (exact) mass is 342 g/mol. The summed E-state index contributed by atoms with van der Waals surface area (Å²) in [6.07, 6.45) is -2.97. The van der Waals surface area contributed by atoms with Crippen molar-refractivity contribution in [3.8, 4) is 11.3 Å². The fourth-order valence-electron chi connectivity index (χ4n) is 2.25. The Morgan fingerprint density at radius 3 is 2.12 bits per heavy atom. The molecule has 3 rings (SSSR count). The minimum atomic E-state index is -4.40. The zero-order chi connectivity index (χ0) is 17.9. The van der Waals surface area contributed by atoms with Crippen LogP contribution in [0.15, 0.2) is 72.9 Å². The van der Waals surface area contributed by atoms with E-state index in [1.165, 1.54) is 18.3 Å². The highest BCUT2D eigenvalue weighted by molar-refractivity contribution is 6.04. The molecule has 0 spiro atoms. The van der Waals surface area contributed by atoms with E-state index in [-0.39, 0.29) is 5.69 Å². The lowest BCUT2D eigenvalue weighted by Crippen LogP contribution is -2.12. The summed E-state index contributed by atoms with van der Waals surface area (Å²) in [4.78, 5) is 16.4. The SMILES string of the molecule is O=C(Nc1ccc(C(F)(F)F)cc1)c1ccc(-c2ccccc2)nc1. The maximum atomic E-state index is 12.5. The van der Waals surface area contributed by atoms with Gasteiger partial charge in [0.25, 0.3) is 5.91 Å². The molecule has 25 heavy (non-hydrogen) atoms. The first-order valence-corrected chi connectivity index (χ1v) is 7.43. The van der Waals surface area contributed by atoms with Crippen molar-refractivity contribution >= 4 is 11.6 Å². The van der Waals surface area contributed by atoms with Gasteiger partial charge in [0.05, 0.1) is 16.8 Å². The van der Waals surface area contributed by atoms with E-state index in [0.717, 1.165) is 23.4 Å². The molecule has 0 aliphatic carbocycles. The molecule has 0 saturated carbocycles. The molecule has 0 saturated heterocycles. The molecule has 6 heteroatoms. The summed E-state index contributed by atoms with van der Waals surface area (Å²) < 4.78 is 37.6. The van der Waals surface area contributed by atoms with E-state index in [9.17, 15) is 18.0 Å². The lowest BCUT2D eigenvalue weighted by Gasteiger charge is -2.09. The Hall–Kier alpha value is -3.15. The van der Waals surface area contributed by atoms with Crippen LogP contribution in [0.5, 0.6) is 0 Å². The van der Waals surface area contributed by atoms with Crippen LogP contribution in [0.2, 0.25) is 0 Å². The molecule has 0 aliphatic rings. The maximum Gasteiger partial charge on any atom is 0.416 e. The van der Waals surface area contributed by atoms with Crippen LogP contribution in [0.4, 0.5) is 18.9 Å². The van der Waals surface area contributed by atoms with E-state index >= 15 is 0 Å². The van der Waals surface area contributed by atoms with Gasteiger partial charge in [-0.05, 0) is 36.4 Å². The van der Waals surface area contributed by atoms with Crippen molar-refractivity contribution in [2.24, 2.45) is 0 Å². The molecule has 1 N–H and O–H groups in total. The first kappa shape index (κ1) is 16.7. The molecule has 1 heterocycles. The standard InChI is InChI=1S/C19H13F3N2O/c20-19(21,22)15-7-9-16(10-8-15)24-18(25)14-6-11-17(23-12-14)13-4-2-1-3-5-13/h1-12H,(H,24,25). The van der Waals surface area contributed by atoms with Gasteiger partial charge in [0, 0.05) is 17.4 Å². The van der Waals surface area contributed by atoms with Gasteiger partial charge in [-0.3, -0.25) is 9.78 Å². The zero-order valence-electron chi connectivity index (χ0n) is 12.9. The number of pyridine rings is 1. The average molecular weight is 342 g/mol. The number of alkyl halides is 3. The molecule has 0 aliphatic heterocycles. The molecule has 0 atom stereocenters. The van der Waals surface area contributed by atoms with Gasteiger partial charge in [0.15, 0.2) is 0 Å². The number of benzene rings is 2. The van der Waals surface area contributed by atoms with E-state index in [2.05, 4.69) is 10.3 Å². The molecule has 1 aromatic heterocycles. The van der Waals surface area contributed by atoms with E-state index in [4.69, 9.17) is 0 Å². The highest BCUT2D eigenvalue weighted by atomic mass is 19.4. The minimum absolute atomic E-state index is 0.283. The normalized spacial score (nSPS) is 11.2. The molecular formula is C19H13F3N2O. The summed E-state index contributed by atoms with van der Waals surface area (Å²) in [7, 11) is 0. The number of nitrogens with zero attached hydrogens (tertiary/aromatic N) is 1. The van der Waals surface area contributed by atoms with Gasteiger partial charge in [0.2, 0.25) is 0 Å². The number of hydrogen-bond donors (Lipinski definition) is 1. The van der Waals surface area contributed by atoms with Gasteiger partial charge < -0.3 is 5.32 Å². The Morgan fingerprint density at radius 2 is 1.56 bits per heavy atom. The van der Waals surface area contributed by atoms with Crippen LogP contribution in [-0.2, 0) is 6.18 Å². The van der Waals surface area contributed by atoms with Gasteiger partial charge in [-0.2, -0.15) is 13.2 Å². The van der Waals surface area contributed by atoms with Crippen molar-refractivity contribution in [1.82, 2.24) is 4.98 Å². The highest BCUT2D eigenvalue weighted by Crippen LogP contribution is 2.29. The van der Waals surface area contributed by atoms with Crippen molar-refractivity contribution in [3.05, 3.63) is 84.1 Å². The Kier molecular flexibility index (Phi) is 4.52. The number of amides is 1. The number of rotatable bonds is 3. The molecule has 126 valence electrons. The number of carbonyl (C=O) groups is 1. The predicted molar refractivity (Wildman–Crippen MR) is 89.1 cm³/mol. The molecule has 0 unspecified atom stereocenters. The molecule has 3 nitrogen and oxygen atoms in total. The summed E-state index contributed by atoms with van der Waals surface area (Å²) in [5, 5.41) is 2.55. The van der Waals surface area contributed by atoms with E-state index in [0.29, 0.717) is 5.56 Å². The molecular weight excluding hydrogens is 329 g/mol. The molecule has 2 aromatic carbocycles. The second kappa shape index (κ2) is 6.76. The smallest absolute Gasteiger partial charge is 0.322 e. The topological polar surface area (TPSA) is 42.0 Å². The van der Waals surface area contributed by atoms with Crippen molar-refractivity contribution in [3.63, 3.8) is 0 Å². The number of anilines is 1. The Balaban J connectivity index is 1.71. The number of carbonyl (C=O) groups excluding carboxylic acids is 1. The molecule has 3 aromatic rings. The lowest BCUT2D eigenvalue weighted by molar-refractivity contribution is -0.137. The largest absolute Gasteiger partial charge is 0.416 e. The van der Waals surface area contributed by atoms with Gasteiger partial charge in [-0.15, -0.1) is 0 Å². The minimum Gasteiger partial charge on any atom is -0.322 e. The number of aromatic nitrogens is 1. The quantitative estimate of drug-likeness (QED) is 0.726. The molecule has 1 amide bonds. The number of halogens is 3. The number of hydrogen-bond acceptors (Lipinski definition) is 2. The van der Waals surface area contributed by atoms with Crippen LogP contribution in [-0.4, -0.2) is 10.9 Å². The summed E-state index contributed by atoms with van der Waals surface area (Å²) in [5.41, 5.74) is 1.49. The predicted octanol–water partition coefficient (Wildman–Crippen LogP) is 5.02. The zero-order valence-corrected chi connectivity index (χ0v) is 12.9. The van der Waals surface area contributed by atoms with E-state index < -0.39 is 17.6 Å². The van der Waals surface area contributed by atoms with Crippen LogP contribution in [0.3, 0.4) is 0 Å². The highest BCUT2D eigenvalue weighted by Gasteiger charge is 2.29. The lowest BCUT2D eigenvalue weighted by atomic mass is 10.1. The Bertz CT molecular complexity index is 858. The van der Waals surface area contributed by atoms with Gasteiger partial charge >= 0.3 is 6.18 Å². The second-order valence-corrected chi connectivity index (χ2v) is 5.33. The van der Waals surface area contributed by atoms with Crippen molar-refractivity contribution < 1.29 is 18.0 Å². The third-order valence-corrected chi connectivity index (χ3v) is 3.57. The van der Waals surface area contributed by atoms with Crippen LogP contribution in [0.1, 0.15) is 15.9 Å². The Labute approximate surface area is 142 Å².